The van der Waals surface area contributed by atoms with Gasteiger partial charge in [-0.15, -0.1) is 0 Å². The van der Waals surface area contributed by atoms with Gasteiger partial charge < -0.3 is 5.32 Å². The van der Waals surface area contributed by atoms with Crippen LogP contribution in [-0.4, -0.2) is 47.3 Å². The zero-order valence-corrected chi connectivity index (χ0v) is 14.5. The first-order valence-corrected chi connectivity index (χ1v) is 9.36. The van der Waals surface area contributed by atoms with Crippen molar-refractivity contribution >= 4 is 21.6 Å². The standard InChI is InChI=1S/C16H20N4O3S/c1-12-4-5-15(13(2)8-12)20-10-14(9-17-20)18-16(21)11-19-6-3-7-24(19,22)23/h4-5,8-10H,3,6-7,11H2,1-2H3,(H,18,21). The molecule has 128 valence electrons. The zero-order chi connectivity index (χ0) is 17.3. The van der Waals surface area contributed by atoms with Gasteiger partial charge in [-0.2, -0.15) is 9.40 Å². The van der Waals surface area contributed by atoms with Gasteiger partial charge >= 0.3 is 0 Å². The van der Waals surface area contributed by atoms with E-state index >= 15 is 0 Å². The molecule has 1 aliphatic rings. The predicted molar refractivity (Wildman–Crippen MR) is 91.6 cm³/mol. The second-order valence-corrected chi connectivity index (χ2v) is 8.10. The fourth-order valence-electron chi connectivity index (χ4n) is 2.81. The molecule has 1 amide bonds. The third-order valence-corrected chi connectivity index (χ3v) is 5.89. The van der Waals surface area contributed by atoms with Gasteiger partial charge in [0.1, 0.15) is 0 Å². The second-order valence-electron chi connectivity index (χ2n) is 6.01. The topological polar surface area (TPSA) is 84.3 Å². The lowest BCUT2D eigenvalue weighted by Crippen LogP contribution is -2.34. The molecule has 2 aromatic rings. The maximum atomic E-state index is 12.1. The number of aryl methyl sites for hydroxylation is 2. The molecular weight excluding hydrogens is 328 g/mol. The molecule has 3 rings (SSSR count). The van der Waals surface area contributed by atoms with Gasteiger partial charge in [0.2, 0.25) is 15.9 Å². The van der Waals surface area contributed by atoms with Crippen LogP contribution in [0.2, 0.25) is 0 Å². The highest BCUT2D eigenvalue weighted by Crippen LogP contribution is 2.18. The van der Waals surface area contributed by atoms with Crippen LogP contribution in [0.4, 0.5) is 5.69 Å². The maximum Gasteiger partial charge on any atom is 0.239 e. The molecule has 0 saturated carbocycles. The Morgan fingerprint density at radius 1 is 1.33 bits per heavy atom. The molecule has 0 unspecified atom stereocenters. The van der Waals surface area contributed by atoms with Crippen molar-refractivity contribution in [2.45, 2.75) is 20.3 Å². The van der Waals surface area contributed by atoms with Gasteiger partial charge in [-0.05, 0) is 31.9 Å². The summed E-state index contributed by atoms with van der Waals surface area (Å²) in [5.74, 6) is -0.245. The average Bonchev–Trinajstić information content (AvgIpc) is 3.06. The minimum Gasteiger partial charge on any atom is -0.322 e. The van der Waals surface area contributed by atoms with E-state index in [1.54, 1.807) is 17.1 Å². The van der Waals surface area contributed by atoms with Crippen molar-refractivity contribution in [2.75, 3.05) is 24.2 Å². The van der Waals surface area contributed by atoms with Crippen LogP contribution in [0.3, 0.4) is 0 Å². The number of sulfonamides is 1. The molecule has 1 saturated heterocycles. The highest BCUT2D eigenvalue weighted by atomic mass is 32.2. The lowest BCUT2D eigenvalue weighted by atomic mass is 10.1. The minimum atomic E-state index is -3.27. The first-order chi connectivity index (χ1) is 11.3. The highest BCUT2D eigenvalue weighted by molar-refractivity contribution is 7.89. The average molecular weight is 348 g/mol. The number of carbonyl (C=O) groups excluding carboxylic acids is 1. The Kier molecular flexibility index (Phi) is 4.42. The van der Waals surface area contributed by atoms with Crippen molar-refractivity contribution < 1.29 is 13.2 Å². The number of hydrogen-bond acceptors (Lipinski definition) is 4. The summed E-state index contributed by atoms with van der Waals surface area (Å²) in [6, 6.07) is 6.04. The van der Waals surface area contributed by atoms with E-state index in [0.29, 0.717) is 18.7 Å². The van der Waals surface area contributed by atoms with Crippen molar-refractivity contribution in [2.24, 2.45) is 0 Å². The van der Waals surface area contributed by atoms with Crippen LogP contribution in [0, 0.1) is 13.8 Å². The van der Waals surface area contributed by atoms with Crippen molar-refractivity contribution in [1.82, 2.24) is 14.1 Å². The lowest BCUT2D eigenvalue weighted by molar-refractivity contribution is -0.116. The molecule has 1 aliphatic heterocycles. The Labute approximate surface area is 141 Å². The number of rotatable bonds is 4. The van der Waals surface area contributed by atoms with Gasteiger partial charge in [-0.1, -0.05) is 17.7 Å². The van der Waals surface area contributed by atoms with Crippen LogP contribution in [0.25, 0.3) is 5.69 Å². The van der Waals surface area contributed by atoms with E-state index in [1.807, 2.05) is 26.0 Å². The fourth-order valence-corrected chi connectivity index (χ4v) is 4.28. The summed E-state index contributed by atoms with van der Waals surface area (Å²) in [6.45, 7) is 4.27. The van der Waals surface area contributed by atoms with E-state index in [0.717, 1.165) is 11.3 Å². The third-order valence-electron chi connectivity index (χ3n) is 3.99. The van der Waals surface area contributed by atoms with Gasteiger partial charge in [0.05, 0.1) is 36.1 Å². The molecule has 1 aromatic heterocycles. The van der Waals surface area contributed by atoms with Crippen LogP contribution in [0.5, 0.6) is 0 Å². The predicted octanol–water partition coefficient (Wildman–Crippen LogP) is 1.46. The monoisotopic (exact) mass is 348 g/mol. The molecule has 1 aromatic carbocycles. The fraction of sp³-hybridized carbons (Fsp3) is 0.375. The normalized spacial score (nSPS) is 17.1. The van der Waals surface area contributed by atoms with E-state index in [4.69, 9.17) is 0 Å². The van der Waals surface area contributed by atoms with E-state index in [2.05, 4.69) is 16.5 Å². The Hall–Kier alpha value is -2.19. The molecule has 0 atom stereocenters. The molecule has 7 nitrogen and oxygen atoms in total. The first-order valence-electron chi connectivity index (χ1n) is 7.75. The number of nitrogens with one attached hydrogen (secondary N) is 1. The largest absolute Gasteiger partial charge is 0.322 e. The molecule has 8 heteroatoms. The van der Waals surface area contributed by atoms with Crippen LogP contribution in [0.15, 0.2) is 30.6 Å². The van der Waals surface area contributed by atoms with Crippen LogP contribution in [0.1, 0.15) is 17.5 Å². The number of nitrogens with zero attached hydrogens (tertiary/aromatic N) is 3. The molecule has 0 spiro atoms. The summed E-state index contributed by atoms with van der Waals surface area (Å²) in [5, 5.41) is 6.96. The van der Waals surface area contributed by atoms with E-state index in [9.17, 15) is 13.2 Å². The summed E-state index contributed by atoms with van der Waals surface area (Å²) in [4.78, 5) is 12.1. The summed E-state index contributed by atoms with van der Waals surface area (Å²) in [6.07, 6.45) is 3.84. The first kappa shape index (κ1) is 16.7. The van der Waals surface area contributed by atoms with Crippen molar-refractivity contribution in [3.05, 3.63) is 41.7 Å². The number of benzene rings is 1. The third kappa shape index (κ3) is 3.49. The van der Waals surface area contributed by atoms with Gasteiger partial charge in [0.15, 0.2) is 0 Å². The number of carbonyl (C=O) groups is 1. The minimum absolute atomic E-state index is 0.116. The summed E-state index contributed by atoms with van der Waals surface area (Å²) in [5.41, 5.74) is 3.72. The lowest BCUT2D eigenvalue weighted by Gasteiger charge is -2.13. The number of hydrogen-bond donors (Lipinski definition) is 1. The van der Waals surface area contributed by atoms with Crippen molar-refractivity contribution in [3.8, 4) is 5.69 Å². The number of anilines is 1. The SMILES string of the molecule is Cc1ccc(-n2cc(NC(=O)CN3CCCS3(=O)=O)cn2)c(C)c1. The Morgan fingerprint density at radius 2 is 2.12 bits per heavy atom. The van der Waals surface area contributed by atoms with Gasteiger partial charge in [-0.25, -0.2) is 13.1 Å². The molecule has 0 radical (unpaired) electrons. The van der Waals surface area contributed by atoms with Gasteiger partial charge in [0, 0.05) is 6.54 Å². The van der Waals surface area contributed by atoms with E-state index < -0.39 is 10.0 Å². The molecule has 1 fully saturated rings. The summed E-state index contributed by atoms with van der Waals surface area (Å²) < 4.78 is 26.4. The number of amides is 1. The van der Waals surface area contributed by atoms with Crippen molar-refractivity contribution in [1.29, 1.82) is 0 Å². The number of aromatic nitrogens is 2. The Morgan fingerprint density at radius 3 is 2.79 bits per heavy atom. The zero-order valence-electron chi connectivity index (χ0n) is 13.7. The molecule has 1 N–H and O–H groups in total. The quantitative estimate of drug-likeness (QED) is 0.907. The molecule has 0 bridgehead atoms. The van der Waals surface area contributed by atoms with Crippen LogP contribution in [-0.2, 0) is 14.8 Å². The maximum absolute atomic E-state index is 12.1. The van der Waals surface area contributed by atoms with Crippen LogP contribution >= 0.6 is 0 Å². The van der Waals surface area contributed by atoms with E-state index in [-0.39, 0.29) is 18.2 Å². The second kappa shape index (κ2) is 6.37. The summed E-state index contributed by atoms with van der Waals surface area (Å²) >= 11 is 0. The molecule has 2 heterocycles. The van der Waals surface area contributed by atoms with Crippen LogP contribution < -0.4 is 5.32 Å². The van der Waals surface area contributed by atoms with E-state index in [1.165, 1.54) is 9.87 Å². The Bertz CT molecular complexity index is 873. The smallest absolute Gasteiger partial charge is 0.239 e. The van der Waals surface area contributed by atoms with Gasteiger partial charge in [-0.3, -0.25) is 4.79 Å². The molecular formula is C16H20N4O3S. The molecule has 24 heavy (non-hydrogen) atoms. The van der Waals surface area contributed by atoms with Gasteiger partial charge in [0.25, 0.3) is 0 Å². The summed E-state index contributed by atoms with van der Waals surface area (Å²) in [7, 11) is -3.27. The van der Waals surface area contributed by atoms with Crippen molar-refractivity contribution in [3.63, 3.8) is 0 Å². The Balaban J connectivity index is 1.69. The highest BCUT2D eigenvalue weighted by Gasteiger charge is 2.29. The molecule has 0 aliphatic carbocycles.